The SMILES string of the molecule is CC(C)c1nnc(NC(=O)[C@@H](C)N2C(=O)[C@@H]3[C@H](C2=O)[C@H]2C=C[C@H]3CC2)s1. The van der Waals surface area contributed by atoms with Crippen molar-refractivity contribution in [2.75, 3.05) is 5.32 Å². The molecule has 1 N–H and O–H groups in total. The quantitative estimate of drug-likeness (QED) is 0.644. The van der Waals surface area contributed by atoms with Crippen molar-refractivity contribution in [3.8, 4) is 0 Å². The predicted octanol–water partition coefficient (Wildman–Crippen LogP) is 2.19. The van der Waals surface area contributed by atoms with Gasteiger partial charge in [0.1, 0.15) is 11.0 Å². The van der Waals surface area contributed by atoms with E-state index in [1.807, 2.05) is 13.8 Å². The highest BCUT2D eigenvalue weighted by Gasteiger charge is 2.58. The zero-order valence-electron chi connectivity index (χ0n) is 15.0. The van der Waals surface area contributed by atoms with Crippen LogP contribution in [0.4, 0.5) is 5.13 Å². The number of carbonyl (C=O) groups excluding carboxylic acids is 3. The van der Waals surface area contributed by atoms with Crippen molar-refractivity contribution in [1.82, 2.24) is 15.1 Å². The zero-order chi connectivity index (χ0) is 18.6. The average Bonchev–Trinajstić information content (AvgIpc) is 3.20. The van der Waals surface area contributed by atoms with E-state index in [2.05, 4.69) is 27.7 Å². The summed E-state index contributed by atoms with van der Waals surface area (Å²) in [5, 5.41) is 11.9. The fourth-order valence-corrected chi connectivity index (χ4v) is 5.07. The van der Waals surface area contributed by atoms with E-state index in [0.29, 0.717) is 5.13 Å². The van der Waals surface area contributed by atoms with E-state index >= 15 is 0 Å². The number of anilines is 1. The van der Waals surface area contributed by atoms with E-state index in [0.717, 1.165) is 17.8 Å². The molecule has 1 aromatic rings. The number of amides is 3. The molecule has 2 fully saturated rings. The Labute approximate surface area is 155 Å². The third kappa shape index (κ3) is 2.58. The number of rotatable bonds is 4. The monoisotopic (exact) mass is 374 g/mol. The van der Waals surface area contributed by atoms with Gasteiger partial charge in [-0.3, -0.25) is 24.6 Å². The smallest absolute Gasteiger partial charge is 0.249 e. The van der Waals surface area contributed by atoms with Crippen LogP contribution in [0.2, 0.25) is 0 Å². The molecular weight excluding hydrogens is 352 g/mol. The van der Waals surface area contributed by atoms with Crippen molar-refractivity contribution in [2.45, 2.75) is 45.6 Å². The van der Waals surface area contributed by atoms with Gasteiger partial charge < -0.3 is 0 Å². The molecule has 7 nitrogen and oxygen atoms in total. The van der Waals surface area contributed by atoms with E-state index in [1.165, 1.54) is 16.2 Å². The molecule has 1 saturated carbocycles. The number of aromatic nitrogens is 2. The summed E-state index contributed by atoms with van der Waals surface area (Å²) in [5.74, 6) is -0.938. The number of likely N-dealkylation sites (tertiary alicyclic amines) is 1. The van der Waals surface area contributed by atoms with Gasteiger partial charge in [0, 0.05) is 5.92 Å². The predicted molar refractivity (Wildman–Crippen MR) is 96.3 cm³/mol. The molecule has 1 aromatic heterocycles. The van der Waals surface area contributed by atoms with Crippen LogP contribution in [0.15, 0.2) is 12.2 Å². The third-order valence-electron chi connectivity index (χ3n) is 5.72. The van der Waals surface area contributed by atoms with Crippen LogP contribution in [0.25, 0.3) is 0 Å². The third-order valence-corrected chi connectivity index (χ3v) is 6.86. The van der Waals surface area contributed by atoms with Crippen LogP contribution in [0.5, 0.6) is 0 Å². The average molecular weight is 374 g/mol. The number of nitrogens with one attached hydrogen (secondary N) is 1. The van der Waals surface area contributed by atoms with Gasteiger partial charge in [0.2, 0.25) is 22.9 Å². The van der Waals surface area contributed by atoms with Crippen LogP contribution >= 0.6 is 11.3 Å². The highest BCUT2D eigenvalue weighted by Crippen LogP contribution is 2.49. The van der Waals surface area contributed by atoms with Crippen molar-refractivity contribution in [1.29, 1.82) is 0 Å². The first kappa shape index (κ1) is 17.3. The van der Waals surface area contributed by atoms with E-state index in [9.17, 15) is 14.4 Å². The normalized spacial score (nSPS) is 30.8. The number of imide groups is 1. The van der Waals surface area contributed by atoms with Crippen molar-refractivity contribution in [3.63, 3.8) is 0 Å². The summed E-state index contributed by atoms with van der Waals surface area (Å²) in [4.78, 5) is 39.6. The van der Waals surface area contributed by atoms with Crippen LogP contribution in [0, 0.1) is 23.7 Å². The second kappa shape index (κ2) is 6.26. The van der Waals surface area contributed by atoms with Crippen LogP contribution in [0.3, 0.4) is 0 Å². The summed E-state index contributed by atoms with van der Waals surface area (Å²) in [6.07, 6.45) is 6.03. The van der Waals surface area contributed by atoms with Gasteiger partial charge in [-0.05, 0) is 31.6 Å². The summed E-state index contributed by atoms with van der Waals surface area (Å²) in [5.41, 5.74) is 0. The Balaban J connectivity index is 1.50. The maximum atomic E-state index is 12.9. The summed E-state index contributed by atoms with van der Waals surface area (Å²) < 4.78 is 0. The molecule has 5 atom stereocenters. The minimum atomic E-state index is -0.855. The number of allylic oxidation sites excluding steroid dienone is 2. The molecule has 8 heteroatoms. The van der Waals surface area contributed by atoms with Gasteiger partial charge in [-0.15, -0.1) is 10.2 Å². The van der Waals surface area contributed by atoms with Crippen molar-refractivity contribution >= 4 is 34.2 Å². The van der Waals surface area contributed by atoms with Gasteiger partial charge in [-0.2, -0.15) is 0 Å². The molecule has 138 valence electrons. The van der Waals surface area contributed by atoms with E-state index in [1.54, 1.807) is 6.92 Å². The number of hydrogen-bond donors (Lipinski definition) is 1. The second-order valence-electron chi connectivity index (χ2n) is 7.65. The molecule has 3 amide bonds. The Morgan fingerprint density at radius 1 is 1.12 bits per heavy atom. The molecule has 0 aromatic carbocycles. The molecule has 0 unspecified atom stereocenters. The van der Waals surface area contributed by atoms with Crippen molar-refractivity contribution in [2.24, 2.45) is 23.7 Å². The van der Waals surface area contributed by atoms with Crippen molar-refractivity contribution < 1.29 is 14.4 Å². The van der Waals surface area contributed by atoms with E-state index in [-0.39, 0.29) is 41.4 Å². The maximum Gasteiger partial charge on any atom is 0.249 e. The first-order valence-electron chi connectivity index (χ1n) is 9.08. The molecule has 3 aliphatic carbocycles. The number of fused-ring (bicyclic) bond motifs is 1. The first-order chi connectivity index (χ1) is 12.4. The molecule has 1 saturated heterocycles. The number of carbonyl (C=O) groups is 3. The van der Waals surface area contributed by atoms with Crippen LogP contribution < -0.4 is 5.32 Å². The summed E-state index contributed by atoms with van der Waals surface area (Å²) in [6, 6.07) is -0.855. The fraction of sp³-hybridized carbons (Fsp3) is 0.611. The highest BCUT2D eigenvalue weighted by molar-refractivity contribution is 7.15. The van der Waals surface area contributed by atoms with Crippen molar-refractivity contribution in [3.05, 3.63) is 17.2 Å². The van der Waals surface area contributed by atoms with Gasteiger partial charge in [-0.25, -0.2) is 0 Å². The molecule has 5 rings (SSSR count). The van der Waals surface area contributed by atoms with E-state index < -0.39 is 11.9 Å². The maximum absolute atomic E-state index is 12.9. The Hall–Kier alpha value is -2.09. The lowest BCUT2D eigenvalue weighted by atomic mass is 9.63. The molecule has 2 heterocycles. The van der Waals surface area contributed by atoms with Gasteiger partial charge in [0.05, 0.1) is 11.8 Å². The lowest BCUT2D eigenvalue weighted by Gasteiger charge is -2.38. The van der Waals surface area contributed by atoms with Gasteiger partial charge in [-0.1, -0.05) is 37.3 Å². The summed E-state index contributed by atoms with van der Waals surface area (Å²) in [6.45, 7) is 5.60. The largest absolute Gasteiger partial charge is 0.299 e. The molecule has 26 heavy (non-hydrogen) atoms. The van der Waals surface area contributed by atoms with Gasteiger partial charge >= 0.3 is 0 Å². The zero-order valence-corrected chi connectivity index (χ0v) is 15.8. The Bertz CT molecular complexity index is 770. The second-order valence-corrected chi connectivity index (χ2v) is 8.66. The standard InChI is InChI=1S/C18H22N4O3S/c1-8(2)15-20-21-18(26-15)19-14(23)9(3)22-16(24)12-10-4-5-11(7-6-10)13(12)17(22)25/h4-5,8-13H,6-7H2,1-3H3,(H,19,21,23)/t9-,10+,11+,12-,13+/m1/s1. The number of nitrogens with zero attached hydrogens (tertiary/aromatic N) is 3. The Morgan fingerprint density at radius 2 is 1.69 bits per heavy atom. The number of hydrogen-bond acceptors (Lipinski definition) is 6. The van der Waals surface area contributed by atoms with Gasteiger partial charge in [0.15, 0.2) is 0 Å². The van der Waals surface area contributed by atoms with Gasteiger partial charge in [0.25, 0.3) is 0 Å². The highest BCUT2D eigenvalue weighted by atomic mass is 32.1. The van der Waals surface area contributed by atoms with E-state index in [4.69, 9.17) is 0 Å². The Morgan fingerprint density at radius 3 is 2.15 bits per heavy atom. The lowest BCUT2D eigenvalue weighted by Crippen LogP contribution is -2.46. The van der Waals surface area contributed by atoms with Crippen LogP contribution in [0.1, 0.15) is 44.5 Å². The fourth-order valence-electron chi connectivity index (χ4n) is 4.32. The molecule has 1 aliphatic heterocycles. The molecular formula is C18H22N4O3S. The molecule has 0 radical (unpaired) electrons. The minimum absolute atomic E-state index is 0.124. The minimum Gasteiger partial charge on any atom is -0.299 e. The first-order valence-corrected chi connectivity index (χ1v) is 9.89. The van der Waals surface area contributed by atoms with Crippen LogP contribution in [-0.4, -0.2) is 38.9 Å². The summed E-state index contributed by atoms with van der Waals surface area (Å²) in [7, 11) is 0. The molecule has 4 aliphatic rings. The Kier molecular flexibility index (Phi) is 4.17. The van der Waals surface area contributed by atoms with Crippen LogP contribution in [-0.2, 0) is 14.4 Å². The molecule has 2 bridgehead atoms. The summed E-state index contributed by atoms with van der Waals surface area (Å²) >= 11 is 1.31. The lowest BCUT2D eigenvalue weighted by molar-refractivity contribution is -0.146. The topological polar surface area (TPSA) is 92.3 Å². The molecule has 0 spiro atoms.